The number of benzene rings is 2. The molecule has 0 aliphatic carbocycles. The molecule has 5 rings (SSSR count). The Morgan fingerprint density at radius 3 is 2.93 bits per heavy atom. The Kier molecular flexibility index (Phi) is 3.81. The summed E-state index contributed by atoms with van der Waals surface area (Å²) in [7, 11) is 0. The fourth-order valence-electron chi connectivity index (χ4n) is 3.49. The zero-order valence-electron chi connectivity index (χ0n) is 14.5. The van der Waals surface area contributed by atoms with Crippen LogP contribution in [0, 0.1) is 0 Å². The molecule has 0 spiro atoms. The molecular weight excluding hydrogens is 358 g/mol. The molecule has 0 fully saturated rings. The predicted octanol–water partition coefficient (Wildman–Crippen LogP) is 4.36. The molecule has 5 nitrogen and oxygen atoms in total. The number of carbonyl (C=O) groups excluding carboxylic acids is 1. The molecule has 0 saturated carbocycles. The number of hydrogen-bond acceptors (Lipinski definition) is 5. The van der Waals surface area contributed by atoms with Gasteiger partial charge in [0, 0.05) is 34.1 Å². The number of nitrogens with one attached hydrogen (secondary N) is 1. The van der Waals surface area contributed by atoms with Crippen LogP contribution in [0.4, 0.5) is 11.4 Å². The van der Waals surface area contributed by atoms with Crippen molar-refractivity contribution in [3.8, 4) is 0 Å². The van der Waals surface area contributed by atoms with Gasteiger partial charge >= 0.3 is 0 Å². The Hall–Kier alpha value is -2.96. The lowest BCUT2D eigenvalue weighted by Gasteiger charge is -2.15. The second-order valence-electron chi connectivity index (χ2n) is 6.58. The molecule has 6 heteroatoms. The first kappa shape index (κ1) is 16.2. The first-order valence-corrected chi connectivity index (χ1v) is 9.60. The monoisotopic (exact) mass is 375 g/mol. The molecule has 0 saturated heterocycles. The van der Waals surface area contributed by atoms with Crippen LogP contribution in [0.5, 0.6) is 0 Å². The summed E-state index contributed by atoms with van der Waals surface area (Å²) in [5, 5.41) is 5.91. The average Bonchev–Trinajstić information content (AvgIpc) is 3.02. The fourth-order valence-corrected chi connectivity index (χ4v) is 4.48. The lowest BCUT2D eigenvalue weighted by Crippen LogP contribution is -2.12. The zero-order valence-corrected chi connectivity index (χ0v) is 15.3. The van der Waals surface area contributed by atoms with Gasteiger partial charge in [0.1, 0.15) is 9.71 Å². The highest BCUT2D eigenvalue weighted by Crippen LogP contribution is 2.35. The molecule has 3 heterocycles. The van der Waals surface area contributed by atoms with Gasteiger partial charge in [0.25, 0.3) is 5.91 Å². The van der Waals surface area contributed by atoms with Crippen molar-refractivity contribution in [1.82, 2.24) is 4.98 Å². The van der Waals surface area contributed by atoms with Gasteiger partial charge in [-0.25, -0.2) is 4.98 Å². The summed E-state index contributed by atoms with van der Waals surface area (Å²) in [4.78, 5) is 18.9. The summed E-state index contributed by atoms with van der Waals surface area (Å²) in [6, 6.07) is 15.8. The van der Waals surface area contributed by atoms with Gasteiger partial charge in [-0.05, 0) is 17.5 Å². The maximum absolute atomic E-state index is 12.9. The van der Waals surface area contributed by atoms with E-state index in [0.29, 0.717) is 23.8 Å². The molecule has 1 amide bonds. The third-order valence-corrected chi connectivity index (χ3v) is 5.99. The highest BCUT2D eigenvalue weighted by molar-refractivity contribution is 7.21. The molecular formula is C21H17N3O2S. The Labute approximate surface area is 159 Å². The minimum Gasteiger partial charge on any atom is -0.397 e. The SMILES string of the molecule is Nc1c(C(=O)Nc2cccc3ccccc23)sc2nc3c(cc12)COCC3. The average molecular weight is 375 g/mol. The summed E-state index contributed by atoms with van der Waals surface area (Å²) >= 11 is 1.34. The Morgan fingerprint density at radius 1 is 1.15 bits per heavy atom. The van der Waals surface area contributed by atoms with E-state index in [1.54, 1.807) is 0 Å². The van der Waals surface area contributed by atoms with Crippen molar-refractivity contribution in [3.05, 3.63) is 64.7 Å². The van der Waals surface area contributed by atoms with Crippen molar-refractivity contribution in [3.63, 3.8) is 0 Å². The number of aromatic nitrogens is 1. The summed E-state index contributed by atoms with van der Waals surface area (Å²) in [5.41, 5.74) is 9.65. The molecule has 0 atom stereocenters. The first-order valence-electron chi connectivity index (χ1n) is 8.78. The van der Waals surface area contributed by atoms with Crippen molar-refractivity contribution in [1.29, 1.82) is 0 Å². The van der Waals surface area contributed by atoms with Gasteiger partial charge in [-0.3, -0.25) is 4.79 Å². The van der Waals surface area contributed by atoms with E-state index in [1.165, 1.54) is 11.3 Å². The third-order valence-electron chi connectivity index (χ3n) is 4.87. The van der Waals surface area contributed by atoms with E-state index in [9.17, 15) is 4.79 Å². The van der Waals surface area contributed by atoms with E-state index < -0.39 is 0 Å². The molecule has 0 radical (unpaired) electrons. The second-order valence-corrected chi connectivity index (χ2v) is 7.57. The number of nitrogens with zero attached hydrogens (tertiary/aromatic N) is 1. The van der Waals surface area contributed by atoms with Crippen molar-refractivity contribution >= 4 is 49.6 Å². The van der Waals surface area contributed by atoms with Crippen LogP contribution in [0.25, 0.3) is 21.0 Å². The smallest absolute Gasteiger partial charge is 0.267 e. The van der Waals surface area contributed by atoms with Gasteiger partial charge in [0.15, 0.2) is 0 Å². The number of amides is 1. The van der Waals surface area contributed by atoms with Crippen molar-refractivity contribution in [2.75, 3.05) is 17.7 Å². The third kappa shape index (κ3) is 2.74. The number of nitrogen functional groups attached to an aromatic ring is 1. The molecule has 2 aromatic heterocycles. The van der Waals surface area contributed by atoms with E-state index in [2.05, 4.69) is 5.32 Å². The van der Waals surface area contributed by atoms with Crippen LogP contribution < -0.4 is 11.1 Å². The summed E-state index contributed by atoms with van der Waals surface area (Å²) in [5.74, 6) is -0.207. The largest absolute Gasteiger partial charge is 0.397 e. The Bertz CT molecular complexity index is 1190. The number of carbonyl (C=O) groups is 1. The number of anilines is 2. The minimum absolute atomic E-state index is 0.207. The predicted molar refractivity (Wildman–Crippen MR) is 109 cm³/mol. The van der Waals surface area contributed by atoms with Gasteiger partial charge in [-0.2, -0.15) is 0 Å². The number of nitrogens with two attached hydrogens (primary N) is 1. The van der Waals surface area contributed by atoms with Crippen molar-refractivity contribution < 1.29 is 9.53 Å². The van der Waals surface area contributed by atoms with Gasteiger partial charge in [-0.1, -0.05) is 36.4 Å². The van der Waals surface area contributed by atoms with Crippen LogP contribution in [-0.2, 0) is 17.8 Å². The van der Waals surface area contributed by atoms with Crippen LogP contribution in [0.15, 0.2) is 48.5 Å². The molecule has 0 bridgehead atoms. The molecule has 1 aliphatic heterocycles. The van der Waals surface area contributed by atoms with E-state index in [4.69, 9.17) is 15.5 Å². The molecule has 4 aromatic rings. The highest BCUT2D eigenvalue weighted by Gasteiger charge is 2.21. The van der Waals surface area contributed by atoms with Gasteiger partial charge in [0.05, 0.1) is 18.9 Å². The van der Waals surface area contributed by atoms with Crippen LogP contribution in [-0.4, -0.2) is 17.5 Å². The van der Waals surface area contributed by atoms with E-state index in [0.717, 1.165) is 44.4 Å². The number of rotatable bonds is 2. The summed E-state index contributed by atoms with van der Waals surface area (Å²) in [6.45, 7) is 1.23. The van der Waals surface area contributed by atoms with Crippen LogP contribution in [0.1, 0.15) is 20.9 Å². The Morgan fingerprint density at radius 2 is 2.00 bits per heavy atom. The van der Waals surface area contributed by atoms with Crippen LogP contribution >= 0.6 is 11.3 Å². The highest BCUT2D eigenvalue weighted by atomic mass is 32.1. The van der Waals surface area contributed by atoms with Crippen LogP contribution in [0.2, 0.25) is 0 Å². The first-order chi connectivity index (χ1) is 13.2. The number of ether oxygens (including phenoxy) is 1. The zero-order chi connectivity index (χ0) is 18.4. The fraction of sp³-hybridized carbons (Fsp3) is 0.143. The molecule has 134 valence electrons. The normalized spacial score (nSPS) is 13.6. The quantitative estimate of drug-likeness (QED) is 0.546. The van der Waals surface area contributed by atoms with E-state index in [-0.39, 0.29) is 5.91 Å². The number of thiophene rings is 1. The van der Waals surface area contributed by atoms with E-state index >= 15 is 0 Å². The standard InChI is InChI=1S/C21H17N3O2S/c22-18-15-10-13-11-26-9-8-16(13)24-21(15)27-19(18)20(25)23-17-7-3-5-12-4-1-2-6-14(12)17/h1-7,10H,8-9,11,22H2,(H,23,25). The van der Waals surface area contributed by atoms with Crippen LogP contribution in [0.3, 0.4) is 0 Å². The van der Waals surface area contributed by atoms with Gasteiger partial charge < -0.3 is 15.8 Å². The van der Waals surface area contributed by atoms with Gasteiger partial charge in [0.2, 0.25) is 0 Å². The van der Waals surface area contributed by atoms with Gasteiger partial charge in [-0.15, -0.1) is 11.3 Å². The second kappa shape index (κ2) is 6.33. The number of fused-ring (bicyclic) bond motifs is 3. The number of hydrogen-bond donors (Lipinski definition) is 2. The van der Waals surface area contributed by atoms with Crippen molar-refractivity contribution in [2.45, 2.75) is 13.0 Å². The van der Waals surface area contributed by atoms with E-state index in [1.807, 2.05) is 48.5 Å². The summed E-state index contributed by atoms with van der Waals surface area (Å²) < 4.78 is 5.50. The maximum atomic E-state index is 12.9. The van der Waals surface area contributed by atoms with Crippen molar-refractivity contribution in [2.24, 2.45) is 0 Å². The molecule has 0 unspecified atom stereocenters. The number of pyridine rings is 1. The topological polar surface area (TPSA) is 77.2 Å². The lowest BCUT2D eigenvalue weighted by molar-refractivity contribution is 0.103. The molecule has 27 heavy (non-hydrogen) atoms. The molecule has 1 aliphatic rings. The minimum atomic E-state index is -0.207. The lowest BCUT2D eigenvalue weighted by atomic mass is 10.1. The summed E-state index contributed by atoms with van der Waals surface area (Å²) in [6.07, 6.45) is 0.792. The maximum Gasteiger partial charge on any atom is 0.267 e. The molecule has 2 aromatic carbocycles. The molecule has 3 N–H and O–H groups in total. The Balaban J connectivity index is 1.54.